The summed E-state index contributed by atoms with van der Waals surface area (Å²) >= 11 is 0. The second kappa shape index (κ2) is 46.8. The van der Waals surface area contributed by atoms with Gasteiger partial charge in [-0.2, -0.15) is 0 Å². The molecule has 0 N–H and O–H groups in total. The van der Waals surface area contributed by atoms with Crippen LogP contribution in [0.4, 0.5) is 0 Å². The number of unbranched alkanes of at least 4 members (excludes halogenated alkanes) is 22. The molecule has 0 aromatic rings. The van der Waals surface area contributed by atoms with Gasteiger partial charge < -0.3 is 14.2 Å². The molecule has 0 amide bonds. The number of esters is 3. The number of allylic oxidation sites excluding steroid dienone is 10. The molecule has 0 aliphatic rings. The third kappa shape index (κ3) is 44.2. The van der Waals surface area contributed by atoms with E-state index >= 15 is 0 Å². The smallest absolute Gasteiger partial charge is 0.306 e. The molecule has 0 fully saturated rings. The highest BCUT2D eigenvalue weighted by molar-refractivity contribution is 5.71. The summed E-state index contributed by atoms with van der Waals surface area (Å²) in [5, 5.41) is 0. The van der Waals surface area contributed by atoms with Crippen LogP contribution in [0.2, 0.25) is 0 Å². The van der Waals surface area contributed by atoms with Crippen LogP contribution in [0, 0.1) is 0 Å². The molecule has 0 radical (unpaired) electrons. The van der Waals surface area contributed by atoms with Gasteiger partial charge in [-0.05, 0) is 96.3 Å². The Morgan fingerprint density at radius 2 is 0.690 bits per heavy atom. The Bertz CT molecular complexity index is 1070. The van der Waals surface area contributed by atoms with Crippen LogP contribution in [-0.4, -0.2) is 37.2 Å². The van der Waals surface area contributed by atoms with Crippen molar-refractivity contribution in [1.29, 1.82) is 0 Å². The van der Waals surface area contributed by atoms with E-state index in [-0.39, 0.29) is 31.1 Å². The number of carbonyl (C=O) groups excluding carboxylic acids is 3. The number of rotatable bonds is 43. The number of hydrogen-bond donors (Lipinski definition) is 0. The van der Waals surface area contributed by atoms with Gasteiger partial charge in [0.05, 0.1) is 0 Å². The molecule has 0 saturated carbocycles. The lowest BCUT2D eigenvalue weighted by molar-refractivity contribution is -0.167. The van der Waals surface area contributed by atoms with Gasteiger partial charge in [-0.25, -0.2) is 0 Å². The summed E-state index contributed by atoms with van der Waals surface area (Å²) in [7, 11) is 0. The second-order valence-electron chi connectivity index (χ2n) is 16.0. The number of hydrogen-bond acceptors (Lipinski definition) is 6. The van der Waals surface area contributed by atoms with Crippen LogP contribution in [0.15, 0.2) is 60.8 Å². The molecule has 0 aliphatic heterocycles. The Labute approximate surface area is 358 Å². The Kier molecular flexibility index (Phi) is 44.5. The predicted octanol–water partition coefficient (Wildman–Crippen LogP) is 15.7. The molecule has 1 atom stereocenters. The zero-order valence-corrected chi connectivity index (χ0v) is 38.0. The Hall–Kier alpha value is -2.89. The molecule has 6 nitrogen and oxygen atoms in total. The molecule has 6 heteroatoms. The largest absolute Gasteiger partial charge is 0.462 e. The SMILES string of the molecule is CC/C=C\C/C=C\C/C=C\CCCCCCCCC(=O)OCC(COC(=O)CCCCCC/C=C\CCCC)OC(=O)CCCCC/C=C\CCCCCCCCC. The highest BCUT2D eigenvalue weighted by Gasteiger charge is 2.19. The molecular formula is C52H90O6. The molecule has 0 aromatic carbocycles. The first-order valence-corrected chi connectivity index (χ1v) is 24.3. The third-order valence-electron chi connectivity index (χ3n) is 10.2. The molecule has 0 saturated heterocycles. The van der Waals surface area contributed by atoms with E-state index in [1.165, 1.54) is 77.0 Å². The Morgan fingerprint density at radius 3 is 1.14 bits per heavy atom. The number of carbonyl (C=O) groups is 3. The third-order valence-corrected chi connectivity index (χ3v) is 10.2. The van der Waals surface area contributed by atoms with Crippen LogP contribution in [0.5, 0.6) is 0 Å². The van der Waals surface area contributed by atoms with Gasteiger partial charge in [0, 0.05) is 19.3 Å². The average Bonchev–Trinajstić information content (AvgIpc) is 3.22. The fourth-order valence-electron chi connectivity index (χ4n) is 6.55. The summed E-state index contributed by atoms with van der Waals surface area (Å²) < 4.78 is 16.7. The summed E-state index contributed by atoms with van der Waals surface area (Å²) in [5.74, 6) is -0.933. The van der Waals surface area contributed by atoms with Crippen molar-refractivity contribution in [1.82, 2.24) is 0 Å². The van der Waals surface area contributed by atoms with Gasteiger partial charge in [0.2, 0.25) is 0 Å². The van der Waals surface area contributed by atoms with E-state index in [9.17, 15) is 14.4 Å². The van der Waals surface area contributed by atoms with Crippen molar-refractivity contribution in [3.63, 3.8) is 0 Å². The summed E-state index contributed by atoms with van der Waals surface area (Å²) in [5.41, 5.74) is 0. The summed E-state index contributed by atoms with van der Waals surface area (Å²) in [6.45, 7) is 6.44. The molecule has 0 aromatic heterocycles. The van der Waals surface area contributed by atoms with E-state index in [0.717, 1.165) is 116 Å². The second-order valence-corrected chi connectivity index (χ2v) is 16.0. The molecule has 0 rings (SSSR count). The lowest BCUT2D eigenvalue weighted by Crippen LogP contribution is -2.30. The van der Waals surface area contributed by atoms with Gasteiger partial charge in [-0.3, -0.25) is 14.4 Å². The van der Waals surface area contributed by atoms with Crippen LogP contribution in [0.3, 0.4) is 0 Å². The van der Waals surface area contributed by atoms with Crippen LogP contribution in [0.25, 0.3) is 0 Å². The first-order valence-electron chi connectivity index (χ1n) is 24.3. The monoisotopic (exact) mass is 811 g/mol. The van der Waals surface area contributed by atoms with Crippen LogP contribution in [0.1, 0.15) is 233 Å². The maximum Gasteiger partial charge on any atom is 0.306 e. The van der Waals surface area contributed by atoms with Crippen molar-refractivity contribution in [3.8, 4) is 0 Å². The van der Waals surface area contributed by atoms with Crippen molar-refractivity contribution in [2.45, 2.75) is 239 Å². The maximum atomic E-state index is 12.7. The first kappa shape index (κ1) is 55.1. The predicted molar refractivity (Wildman–Crippen MR) is 247 cm³/mol. The lowest BCUT2D eigenvalue weighted by atomic mass is 10.1. The van der Waals surface area contributed by atoms with Gasteiger partial charge in [-0.1, -0.05) is 178 Å². The van der Waals surface area contributed by atoms with Crippen molar-refractivity contribution < 1.29 is 28.6 Å². The van der Waals surface area contributed by atoms with Crippen molar-refractivity contribution >= 4 is 17.9 Å². The summed E-state index contributed by atoms with van der Waals surface area (Å²) in [4.78, 5) is 37.8. The van der Waals surface area contributed by atoms with Crippen LogP contribution >= 0.6 is 0 Å². The Morgan fingerprint density at radius 1 is 0.362 bits per heavy atom. The molecule has 58 heavy (non-hydrogen) atoms. The molecule has 0 bridgehead atoms. The topological polar surface area (TPSA) is 78.9 Å². The molecule has 1 unspecified atom stereocenters. The van der Waals surface area contributed by atoms with E-state index in [1.807, 2.05) is 0 Å². The molecule has 0 aliphatic carbocycles. The van der Waals surface area contributed by atoms with Crippen LogP contribution in [-0.2, 0) is 28.6 Å². The van der Waals surface area contributed by atoms with Gasteiger partial charge in [-0.15, -0.1) is 0 Å². The standard InChI is InChI=1S/C52H90O6/c1-4-7-10-13-16-19-22-24-26-27-29-30-33-36-39-42-45-51(54)57-48-49(47-56-50(53)44-41-38-35-32-21-18-15-12-9-6-3)58-52(55)46-43-40-37-34-31-28-25-23-20-17-14-11-8-5-2/h7,10,15-16,18-19,24,26,28,31,49H,4-6,8-9,11-14,17,20-23,25,27,29-30,32-48H2,1-3H3/b10-7-,18-15-,19-16-,26-24-,31-28-. The normalized spacial score (nSPS) is 12.5. The maximum absolute atomic E-state index is 12.7. The van der Waals surface area contributed by atoms with E-state index in [2.05, 4.69) is 81.5 Å². The van der Waals surface area contributed by atoms with Gasteiger partial charge >= 0.3 is 17.9 Å². The van der Waals surface area contributed by atoms with Crippen LogP contribution < -0.4 is 0 Å². The minimum atomic E-state index is -0.789. The zero-order valence-electron chi connectivity index (χ0n) is 38.0. The van der Waals surface area contributed by atoms with E-state index < -0.39 is 6.10 Å². The van der Waals surface area contributed by atoms with E-state index in [0.29, 0.717) is 19.3 Å². The fourth-order valence-corrected chi connectivity index (χ4v) is 6.55. The van der Waals surface area contributed by atoms with Crippen molar-refractivity contribution in [3.05, 3.63) is 60.8 Å². The fraction of sp³-hybridized carbons (Fsp3) is 0.750. The van der Waals surface area contributed by atoms with Crippen molar-refractivity contribution in [2.24, 2.45) is 0 Å². The van der Waals surface area contributed by atoms with E-state index in [4.69, 9.17) is 14.2 Å². The summed E-state index contributed by atoms with van der Waals surface area (Å²) in [6.07, 6.45) is 56.3. The van der Waals surface area contributed by atoms with Gasteiger partial charge in [0.25, 0.3) is 0 Å². The molecular weight excluding hydrogens is 721 g/mol. The lowest BCUT2D eigenvalue weighted by Gasteiger charge is -2.18. The number of ether oxygens (including phenoxy) is 3. The molecule has 334 valence electrons. The molecule has 0 spiro atoms. The highest BCUT2D eigenvalue weighted by atomic mass is 16.6. The Balaban J connectivity index is 4.41. The minimum absolute atomic E-state index is 0.0908. The first-order chi connectivity index (χ1) is 28.5. The minimum Gasteiger partial charge on any atom is -0.462 e. The van der Waals surface area contributed by atoms with Crippen molar-refractivity contribution in [2.75, 3.05) is 13.2 Å². The van der Waals surface area contributed by atoms with Gasteiger partial charge in [0.1, 0.15) is 13.2 Å². The quantitative estimate of drug-likeness (QED) is 0.0264. The van der Waals surface area contributed by atoms with Gasteiger partial charge in [0.15, 0.2) is 6.10 Å². The highest BCUT2D eigenvalue weighted by Crippen LogP contribution is 2.13. The average molecular weight is 811 g/mol. The molecule has 0 heterocycles. The summed E-state index contributed by atoms with van der Waals surface area (Å²) in [6, 6.07) is 0. The van der Waals surface area contributed by atoms with E-state index in [1.54, 1.807) is 0 Å². The zero-order chi connectivity index (χ0) is 42.3.